The Bertz CT molecular complexity index is 652. The Labute approximate surface area is 139 Å². The number of carbonyl (C=O) groups excluding carboxylic acids is 1. The Morgan fingerprint density at radius 1 is 1.12 bits per heavy atom. The van der Waals surface area contributed by atoms with E-state index < -0.39 is 36.0 Å². The highest BCUT2D eigenvalue weighted by Crippen LogP contribution is 2.37. The molecule has 0 aromatic heterocycles. The van der Waals surface area contributed by atoms with Crippen LogP contribution < -0.4 is 5.46 Å². The standard InChI is InChI=1S/C16H20BF3O4/c1-9-11(13(21)22-6)7-10(16(18,19)20)8-12(9)17-23-14(2,3)15(4,5)24-17/h7-8H,1-6H3. The van der Waals surface area contributed by atoms with Gasteiger partial charge in [0.15, 0.2) is 0 Å². The topological polar surface area (TPSA) is 44.8 Å². The number of carbonyl (C=O) groups is 1. The second-order valence-corrected chi connectivity index (χ2v) is 6.82. The molecule has 1 heterocycles. The highest BCUT2D eigenvalue weighted by atomic mass is 19.4. The molecule has 0 atom stereocenters. The van der Waals surface area contributed by atoms with Crippen molar-refractivity contribution in [3.05, 3.63) is 28.8 Å². The third kappa shape index (κ3) is 3.17. The summed E-state index contributed by atoms with van der Waals surface area (Å²) in [5.74, 6) is -0.837. The van der Waals surface area contributed by atoms with E-state index in [9.17, 15) is 18.0 Å². The molecule has 0 N–H and O–H groups in total. The van der Waals surface area contributed by atoms with Gasteiger partial charge in [0.25, 0.3) is 0 Å². The van der Waals surface area contributed by atoms with Crippen LogP contribution in [0.4, 0.5) is 13.2 Å². The van der Waals surface area contributed by atoms with Gasteiger partial charge >= 0.3 is 19.3 Å². The first kappa shape index (κ1) is 18.8. The Hall–Kier alpha value is -1.54. The molecule has 132 valence electrons. The largest absolute Gasteiger partial charge is 0.495 e. The van der Waals surface area contributed by atoms with Gasteiger partial charge < -0.3 is 14.0 Å². The normalized spacial score (nSPS) is 19.5. The average Bonchev–Trinajstić information content (AvgIpc) is 2.65. The molecule has 1 saturated heterocycles. The minimum absolute atomic E-state index is 0.156. The summed E-state index contributed by atoms with van der Waals surface area (Å²) >= 11 is 0. The maximum atomic E-state index is 13.2. The van der Waals surface area contributed by atoms with Gasteiger partial charge in [0.1, 0.15) is 0 Å². The predicted octanol–water partition coefficient (Wildman–Crippen LogP) is 3.10. The monoisotopic (exact) mass is 344 g/mol. The van der Waals surface area contributed by atoms with Gasteiger partial charge in [-0.2, -0.15) is 13.2 Å². The predicted molar refractivity (Wildman–Crippen MR) is 83.2 cm³/mol. The van der Waals surface area contributed by atoms with E-state index >= 15 is 0 Å². The third-order valence-electron chi connectivity index (χ3n) is 4.69. The zero-order valence-electron chi connectivity index (χ0n) is 14.5. The van der Waals surface area contributed by atoms with Gasteiger partial charge in [-0.25, -0.2) is 4.79 Å². The van der Waals surface area contributed by atoms with E-state index in [1.807, 2.05) is 0 Å². The van der Waals surface area contributed by atoms with Gasteiger partial charge in [-0.3, -0.25) is 0 Å². The lowest BCUT2D eigenvalue weighted by molar-refractivity contribution is -0.137. The van der Waals surface area contributed by atoms with Crippen molar-refractivity contribution in [1.29, 1.82) is 0 Å². The molecule has 0 unspecified atom stereocenters. The second-order valence-electron chi connectivity index (χ2n) is 6.82. The van der Waals surface area contributed by atoms with Crippen molar-refractivity contribution in [2.75, 3.05) is 7.11 Å². The highest BCUT2D eigenvalue weighted by Gasteiger charge is 2.52. The zero-order chi connectivity index (χ0) is 18.5. The fourth-order valence-corrected chi connectivity index (χ4v) is 2.44. The lowest BCUT2D eigenvalue weighted by Gasteiger charge is -2.32. The first-order valence-electron chi connectivity index (χ1n) is 7.46. The van der Waals surface area contributed by atoms with Gasteiger partial charge in [-0.05, 0) is 57.8 Å². The molecule has 0 saturated carbocycles. The SMILES string of the molecule is COC(=O)c1cc(C(F)(F)F)cc(B2OC(C)(C)C(C)(C)O2)c1C. The van der Waals surface area contributed by atoms with Crippen LogP contribution in [0.25, 0.3) is 0 Å². The summed E-state index contributed by atoms with van der Waals surface area (Å²) in [6.45, 7) is 8.76. The summed E-state index contributed by atoms with van der Waals surface area (Å²) in [7, 11) is 0.122. The molecule has 1 aromatic carbocycles. The number of halogens is 3. The lowest BCUT2D eigenvalue weighted by atomic mass is 9.74. The van der Waals surface area contributed by atoms with Crippen LogP contribution in [-0.2, 0) is 20.2 Å². The molecule has 1 aromatic rings. The molecular weight excluding hydrogens is 324 g/mol. The zero-order valence-corrected chi connectivity index (χ0v) is 14.5. The maximum absolute atomic E-state index is 13.2. The van der Waals surface area contributed by atoms with Crippen LogP contribution in [0.15, 0.2) is 12.1 Å². The molecule has 4 nitrogen and oxygen atoms in total. The number of esters is 1. The number of benzene rings is 1. The van der Waals surface area contributed by atoms with Gasteiger partial charge in [-0.15, -0.1) is 0 Å². The minimum atomic E-state index is -4.60. The number of ether oxygens (including phenoxy) is 1. The average molecular weight is 344 g/mol. The van der Waals surface area contributed by atoms with Crippen LogP contribution >= 0.6 is 0 Å². The van der Waals surface area contributed by atoms with Crippen molar-refractivity contribution in [3.63, 3.8) is 0 Å². The van der Waals surface area contributed by atoms with E-state index in [0.717, 1.165) is 19.2 Å². The molecule has 24 heavy (non-hydrogen) atoms. The van der Waals surface area contributed by atoms with E-state index in [0.29, 0.717) is 5.56 Å². The molecule has 1 fully saturated rings. The fourth-order valence-electron chi connectivity index (χ4n) is 2.44. The van der Waals surface area contributed by atoms with Crippen LogP contribution in [-0.4, -0.2) is 31.4 Å². The Morgan fingerprint density at radius 2 is 1.62 bits per heavy atom. The van der Waals surface area contributed by atoms with Crippen molar-refractivity contribution < 1.29 is 32.0 Å². The molecule has 2 rings (SSSR count). The molecule has 0 amide bonds. The molecule has 1 aliphatic heterocycles. The molecule has 0 spiro atoms. The third-order valence-corrected chi connectivity index (χ3v) is 4.69. The smallest absolute Gasteiger partial charge is 0.465 e. The number of hydrogen-bond acceptors (Lipinski definition) is 4. The van der Waals surface area contributed by atoms with Crippen LogP contribution in [0, 0.1) is 6.92 Å². The molecular formula is C16H20BF3O4. The van der Waals surface area contributed by atoms with Crippen LogP contribution in [0.2, 0.25) is 0 Å². The van der Waals surface area contributed by atoms with Crippen molar-refractivity contribution in [2.45, 2.75) is 52.0 Å². The Balaban J connectivity index is 2.60. The van der Waals surface area contributed by atoms with E-state index in [4.69, 9.17) is 9.31 Å². The summed E-state index contributed by atoms with van der Waals surface area (Å²) in [5.41, 5.74) is -2.00. The van der Waals surface area contributed by atoms with Crippen LogP contribution in [0.3, 0.4) is 0 Å². The van der Waals surface area contributed by atoms with Gasteiger partial charge in [0, 0.05) is 0 Å². The first-order valence-corrected chi connectivity index (χ1v) is 7.46. The number of hydrogen-bond donors (Lipinski definition) is 0. The molecule has 0 bridgehead atoms. The van der Waals surface area contributed by atoms with E-state index in [2.05, 4.69) is 4.74 Å². The summed E-state index contributed by atoms with van der Waals surface area (Å²) in [6.07, 6.45) is -4.60. The number of alkyl halides is 3. The van der Waals surface area contributed by atoms with Crippen molar-refractivity contribution in [3.8, 4) is 0 Å². The maximum Gasteiger partial charge on any atom is 0.495 e. The van der Waals surface area contributed by atoms with E-state index in [1.165, 1.54) is 0 Å². The quantitative estimate of drug-likeness (QED) is 0.611. The van der Waals surface area contributed by atoms with Gasteiger partial charge in [-0.1, -0.05) is 0 Å². The van der Waals surface area contributed by atoms with Gasteiger partial charge in [0.2, 0.25) is 0 Å². The summed E-state index contributed by atoms with van der Waals surface area (Å²) in [6, 6.07) is 1.75. The van der Waals surface area contributed by atoms with Crippen molar-refractivity contribution >= 4 is 18.6 Å². The first-order chi connectivity index (χ1) is 10.8. The van der Waals surface area contributed by atoms with Gasteiger partial charge in [0.05, 0.1) is 29.4 Å². The highest BCUT2D eigenvalue weighted by molar-refractivity contribution is 6.62. The molecule has 0 radical (unpaired) electrons. The van der Waals surface area contributed by atoms with Crippen LogP contribution in [0.1, 0.15) is 49.2 Å². The van der Waals surface area contributed by atoms with Crippen molar-refractivity contribution in [1.82, 2.24) is 0 Å². The molecule has 1 aliphatic rings. The lowest BCUT2D eigenvalue weighted by Crippen LogP contribution is -2.41. The van der Waals surface area contributed by atoms with E-state index in [-0.39, 0.29) is 11.0 Å². The summed E-state index contributed by atoms with van der Waals surface area (Å²) in [5, 5.41) is 0. The Morgan fingerprint density at radius 3 is 2.04 bits per heavy atom. The van der Waals surface area contributed by atoms with Crippen LogP contribution in [0.5, 0.6) is 0 Å². The summed E-state index contributed by atoms with van der Waals surface area (Å²) < 4.78 is 55.9. The number of methoxy groups -OCH3 is 1. The Kier molecular flexibility index (Phi) is 4.52. The second kappa shape index (κ2) is 5.77. The van der Waals surface area contributed by atoms with Crippen molar-refractivity contribution in [2.24, 2.45) is 0 Å². The molecule has 0 aliphatic carbocycles. The minimum Gasteiger partial charge on any atom is -0.465 e. The summed E-state index contributed by atoms with van der Waals surface area (Å²) in [4.78, 5) is 11.9. The van der Waals surface area contributed by atoms with E-state index in [1.54, 1.807) is 34.6 Å². The fraction of sp³-hybridized carbons (Fsp3) is 0.562. The molecule has 8 heteroatoms. The number of rotatable bonds is 2.